The van der Waals surface area contributed by atoms with E-state index in [1.54, 1.807) is 0 Å². The van der Waals surface area contributed by atoms with Crippen LogP contribution in [0.1, 0.15) is 22.9 Å². The quantitative estimate of drug-likeness (QED) is 0.766. The first-order valence-electron chi connectivity index (χ1n) is 9.11. The predicted octanol–water partition coefficient (Wildman–Crippen LogP) is 3.85. The van der Waals surface area contributed by atoms with E-state index in [1.807, 2.05) is 41.3 Å². The number of hydrogen-bond donors (Lipinski definition) is 1. The molecule has 0 fully saturated rings. The van der Waals surface area contributed by atoms with Crippen molar-refractivity contribution in [3.05, 3.63) is 95.8 Å². The maximum Gasteiger partial charge on any atom is 0.318 e. The topological polar surface area (TPSA) is 37.3 Å². The molecule has 4 heteroatoms. The molecule has 1 atom stereocenters. The summed E-state index contributed by atoms with van der Waals surface area (Å²) in [5.74, 6) is 0. The molecule has 1 N–H and O–H groups in total. The number of amides is 2. The second-order valence-electron chi connectivity index (χ2n) is 6.60. The lowest BCUT2D eigenvalue weighted by Crippen LogP contribution is -2.47. The van der Waals surface area contributed by atoms with Crippen LogP contribution >= 0.6 is 0 Å². The molecular formula is C22H23N3O. The highest BCUT2D eigenvalue weighted by atomic mass is 16.2. The van der Waals surface area contributed by atoms with Gasteiger partial charge in [0, 0.05) is 31.5 Å². The van der Waals surface area contributed by atoms with Crippen molar-refractivity contribution in [2.75, 3.05) is 13.1 Å². The van der Waals surface area contributed by atoms with Crippen LogP contribution in [-0.2, 0) is 13.0 Å². The van der Waals surface area contributed by atoms with Crippen molar-refractivity contribution in [3.8, 4) is 0 Å². The van der Waals surface area contributed by atoms with Crippen molar-refractivity contribution >= 4 is 6.03 Å². The van der Waals surface area contributed by atoms with Crippen LogP contribution in [0.5, 0.6) is 0 Å². The van der Waals surface area contributed by atoms with Gasteiger partial charge in [-0.1, -0.05) is 60.7 Å². The van der Waals surface area contributed by atoms with E-state index in [0.717, 1.165) is 18.5 Å². The minimum atomic E-state index is -0.0447. The van der Waals surface area contributed by atoms with E-state index in [-0.39, 0.29) is 12.1 Å². The third-order valence-electron chi connectivity index (χ3n) is 4.95. The van der Waals surface area contributed by atoms with Crippen LogP contribution < -0.4 is 5.32 Å². The van der Waals surface area contributed by atoms with Crippen molar-refractivity contribution < 1.29 is 4.79 Å². The SMILES string of the molecule is O=C(NCCc1ccccc1)N1CCn2cccc2[C@@H]1c1ccccc1. The molecule has 3 aromatic rings. The number of rotatable bonds is 4. The van der Waals surface area contributed by atoms with Gasteiger partial charge in [0.05, 0.1) is 6.04 Å². The Morgan fingerprint density at radius 1 is 0.923 bits per heavy atom. The van der Waals surface area contributed by atoms with Gasteiger partial charge in [0.2, 0.25) is 0 Å². The van der Waals surface area contributed by atoms with E-state index in [4.69, 9.17) is 0 Å². The Balaban J connectivity index is 1.50. The smallest absolute Gasteiger partial charge is 0.318 e. The Labute approximate surface area is 154 Å². The second-order valence-corrected chi connectivity index (χ2v) is 6.60. The number of aromatic nitrogens is 1. The van der Waals surface area contributed by atoms with Gasteiger partial charge >= 0.3 is 6.03 Å². The summed E-state index contributed by atoms with van der Waals surface area (Å²) in [6, 6.07) is 24.6. The van der Waals surface area contributed by atoms with Crippen molar-refractivity contribution in [3.63, 3.8) is 0 Å². The highest BCUT2D eigenvalue weighted by molar-refractivity contribution is 5.75. The summed E-state index contributed by atoms with van der Waals surface area (Å²) in [4.78, 5) is 14.9. The molecule has 0 radical (unpaired) electrons. The third kappa shape index (κ3) is 3.36. The molecule has 0 saturated carbocycles. The standard InChI is InChI=1S/C22H23N3O/c26-22(23-14-13-18-8-3-1-4-9-18)25-17-16-24-15-7-12-20(24)21(25)19-10-5-2-6-11-19/h1-12,15,21H,13-14,16-17H2,(H,23,26)/t21-/m0/s1. The molecule has 2 aromatic carbocycles. The van der Waals surface area contributed by atoms with Gasteiger partial charge < -0.3 is 14.8 Å². The third-order valence-corrected chi connectivity index (χ3v) is 4.95. The van der Waals surface area contributed by atoms with Crippen molar-refractivity contribution in [2.45, 2.75) is 19.0 Å². The molecule has 0 spiro atoms. The maximum atomic E-state index is 12.9. The molecule has 0 saturated heterocycles. The van der Waals surface area contributed by atoms with E-state index < -0.39 is 0 Å². The number of fused-ring (bicyclic) bond motifs is 1. The van der Waals surface area contributed by atoms with E-state index in [2.05, 4.69) is 52.5 Å². The summed E-state index contributed by atoms with van der Waals surface area (Å²) in [5.41, 5.74) is 3.55. The molecule has 132 valence electrons. The monoisotopic (exact) mass is 345 g/mol. The Morgan fingerprint density at radius 3 is 2.42 bits per heavy atom. The average molecular weight is 345 g/mol. The van der Waals surface area contributed by atoms with Gasteiger partial charge in [-0.3, -0.25) is 0 Å². The van der Waals surface area contributed by atoms with E-state index in [0.29, 0.717) is 13.1 Å². The number of benzene rings is 2. The molecule has 1 aromatic heterocycles. The molecule has 26 heavy (non-hydrogen) atoms. The van der Waals surface area contributed by atoms with Crippen LogP contribution in [0, 0.1) is 0 Å². The van der Waals surface area contributed by atoms with Crippen LogP contribution in [0.15, 0.2) is 79.0 Å². The van der Waals surface area contributed by atoms with Gasteiger partial charge in [0.25, 0.3) is 0 Å². The molecule has 0 bridgehead atoms. The number of nitrogens with zero attached hydrogens (tertiary/aromatic N) is 2. The summed E-state index contributed by atoms with van der Waals surface area (Å²) in [6.07, 6.45) is 2.93. The van der Waals surface area contributed by atoms with Gasteiger partial charge in [-0.05, 0) is 29.7 Å². The van der Waals surface area contributed by atoms with Crippen molar-refractivity contribution in [2.24, 2.45) is 0 Å². The van der Waals surface area contributed by atoms with Crippen LogP contribution in [0.4, 0.5) is 4.79 Å². The van der Waals surface area contributed by atoms with Crippen molar-refractivity contribution in [1.82, 2.24) is 14.8 Å². The predicted molar refractivity (Wildman–Crippen MR) is 103 cm³/mol. The first kappa shape index (κ1) is 16.5. The van der Waals surface area contributed by atoms with E-state index in [1.165, 1.54) is 11.3 Å². The second kappa shape index (κ2) is 7.48. The molecular weight excluding hydrogens is 322 g/mol. The molecule has 1 aliphatic rings. The first-order valence-corrected chi connectivity index (χ1v) is 9.11. The molecule has 2 amide bonds. The molecule has 4 nitrogen and oxygen atoms in total. The number of urea groups is 1. The first-order chi connectivity index (χ1) is 12.8. The van der Waals surface area contributed by atoms with Crippen LogP contribution in [0.2, 0.25) is 0 Å². The summed E-state index contributed by atoms with van der Waals surface area (Å²) in [7, 11) is 0. The Kier molecular flexibility index (Phi) is 4.73. The molecule has 1 aliphatic heterocycles. The Morgan fingerprint density at radius 2 is 1.65 bits per heavy atom. The molecule has 2 heterocycles. The highest BCUT2D eigenvalue weighted by Crippen LogP contribution is 2.32. The largest absolute Gasteiger partial charge is 0.348 e. The fraction of sp³-hybridized carbons (Fsp3) is 0.227. The normalized spacial score (nSPS) is 16.2. The molecule has 0 aliphatic carbocycles. The lowest BCUT2D eigenvalue weighted by molar-refractivity contribution is 0.169. The zero-order chi connectivity index (χ0) is 17.8. The van der Waals surface area contributed by atoms with Crippen LogP contribution in [0.3, 0.4) is 0 Å². The fourth-order valence-electron chi connectivity index (χ4n) is 3.65. The van der Waals surface area contributed by atoms with Crippen LogP contribution in [-0.4, -0.2) is 28.6 Å². The average Bonchev–Trinajstić information content (AvgIpc) is 3.17. The molecule has 4 rings (SSSR count). The summed E-state index contributed by atoms with van der Waals surface area (Å²) in [6.45, 7) is 2.18. The highest BCUT2D eigenvalue weighted by Gasteiger charge is 2.31. The summed E-state index contributed by atoms with van der Waals surface area (Å²) < 4.78 is 2.24. The number of hydrogen-bond acceptors (Lipinski definition) is 1. The zero-order valence-electron chi connectivity index (χ0n) is 14.7. The van der Waals surface area contributed by atoms with Gasteiger partial charge in [0.15, 0.2) is 0 Å². The van der Waals surface area contributed by atoms with Crippen molar-refractivity contribution in [1.29, 1.82) is 0 Å². The van der Waals surface area contributed by atoms with Gasteiger partial charge in [-0.2, -0.15) is 0 Å². The number of nitrogens with one attached hydrogen (secondary N) is 1. The molecule has 0 unspecified atom stereocenters. The number of carbonyl (C=O) groups excluding carboxylic acids is 1. The lowest BCUT2D eigenvalue weighted by atomic mass is 10.0. The minimum absolute atomic E-state index is 0.00207. The van der Waals surface area contributed by atoms with E-state index in [9.17, 15) is 4.79 Å². The maximum absolute atomic E-state index is 12.9. The minimum Gasteiger partial charge on any atom is -0.348 e. The van der Waals surface area contributed by atoms with Gasteiger partial charge in [0.1, 0.15) is 0 Å². The number of carbonyl (C=O) groups is 1. The summed E-state index contributed by atoms with van der Waals surface area (Å²) in [5, 5.41) is 3.10. The Hall–Kier alpha value is -3.01. The van der Waals surface area contributed by atoms with E-state index >= 15 is 0 Å². The zero-order valence-corrected chi connectivity index (χ0v) is 14.7. The van der Waals surface area contributed by atoms with Crippen LogP contribution in [0.25, 0.3) is 0 Å². The fourth-order valence-corrected chi connectivity index (χ4v) is 3.65. The van der Waals surface area contributed by atoms with Gasteiger partial charge in [-0.25, -0.2) is 4.79 Å². The Bertz CT molecular complexity index is 857. The summed E-state index contributed by atoms with van der Waals surface area (Å²) >= 11 is 0. The van der Waals surface area contributed by atoms with Gasteiger partial charge in [-0.15, -0.1) is 0 Å². The lowest BCUT2D eigenvalue weighted by Gasteiger charge is -2.37.